The van der Waals surface area contributed by atoms with Gasteiger partial charge in [-0.2, -0.15) is 0 Å². The summed E-state index contributed by atoms with van der Waals surface area (Å²) in [6.45, 7) is 0. The summed E-state index contributed by atoms with van der Waals surface area (Å²) in [5.41, 5.74) is 0. The summed E-state index contributed by atoms with van der Waals surface area (Å²) in [4.78, 5) is 0. The molecule has 0 bridgehead atoms. The summed E-state index contributed by atoms with van der Waals surface area (Å²) in [5, 5.41) is 11.9. The van der Waals surface area contributed by atoms with Crippen LogP contribution in [0.1, 0.15) is 5.82 Å². The molecule has 0 amide bonds. The third kappa shape index (κ3) is 0.882. The highest BCUT2D eigenvalue weighted by molar-refractivity contribution is 6.07. The van der Waals surface area contributed by atoms with Crippen LogP contribution in [0.15, 0.2) is 0 Å². The summed E-state index contributed by atoms with van der Waals surface area (Å²) in [5.74, 6) is 0.983. The van der Waals surface area contributed by atoms with E-state index in [0.717, 1.165) is 27.4 Å². The van der Waals surface area contributed by atoms with E-state index < -0.39 is 0 Å². The molecule has 0 aliphatic rings. The molecule has 0 aliphatic heterocycles. The Balaban J connectivity index is 2.92. The smallest absolute Gasteiger partial charge is 0.223 e. The van der Waals surface area contributed by atoms with Crippen LogP contribution in [0.2, 0.25) is 0 Å². The first-order valence-electron chi connectivity index (χ1n) is 2.56. The maximum atomic E-state index is 3.77. The zero-order chi connectivity index (χ0) is 5.98. The first-order valence-corrected chi connectivity index (χ1v) is 3.97. The van der Waals surface area contributed by atoms with Crippen molar-refractivity contribution < 1.29 is 0 Å². The Hall–Kier alpha value is -0.398. The van der Waals surface area contributed by atoms with Crippen molar-refractivity contribution in [3.63, 3.8) is 0 Å². The molecule has 1 aromatic rings. The highest BCUT2D eigenvalue weighted by atomic mass is 27.0. The van der Waals surface area contributed by atoms with Crippen molar-refractivity contribution in [2.45, 2.75) is 5.28 Å². The summed E-state index contributed by atoms with van der Waals surface area (Å²) >= 11 is 1.13. The Morgan fingerprint density at radius 1 is 1.75 bits per heavy atom. The number of aryl methyl sites for hydroxylation is 1. The highest BCUT2D eigenvalue weighted by Crippen LogP contribution is 1.83. The van der Waals surface area contributed by atoms with Gasteiger partial charge in [0.05, 0.1) is 0 Å². The van der Waals surface area contributed by atoms with Crippen molar-refractivity contribution in [1.82, 2.24) is 20.2 Å². The molecule has 0 fully saturated rings. The zero-order valence-corrected chi connectivity index (χ0v) is 7.00. The number of aromatic nitrogens is 4. The lowest BCUT2D eigenvalue weighted by molar-refractivity contribution is 0.692. The van der Waals surface area contributed by atoms with Gasteiger partial charge in [-0.3, -0.25) is 0 Å². The summed E-state index contributed by atoms with van der Waals surface area (Å²) in [6.07, 6.45) is 0. The van der Waals surface area contributed by atoms with Crippen LogP contribution < -0.4 is 0 Å². The van der Waals surface area contributed by atoms with Gasteiger partial charge >= 0.3 is 0 Å². The Morgan fingerprint density at radius 2 is 2.50 bits per heavy atom. The Kier molecular flexibility index (Phi) is 1.61. The van der Waals surface area contributed by atoms with E-state index in [9.17, 15) is 0 Å². The van der Waals surface area contributed by atoms with Gasteiger partial charge < -0.3 is 0 Å². The third-order valence-electron chi connectivity index (χ3n) is 1.02. The lowest BCUT2D eigenvalue weighted by atomic mass is 10.7. The minimum Gasteiger partial charge on any atom is -0.234 e. The van der Waals surface area contributed by atoms with Crippen LogP contribution in [-0.4, -0.2) is 36.5 Å². The van der Waals surface area contributed by atoms with Crippen molar-refractivity contribution in [3.8, 4) is 0 Å². The molecule has 1 heterocycles. The number of hydrogen-bond acceptors (Lipinski definition) is 3. The summed E-state index contributed by atoms with van der Waals surface area (Å²) < 4.78 is 1.70. The molecule has 0 unspecified atom stereocenters. The van der Waals surface area contributed by atoms with E-state index >= 15 is 0 Å². The average Bonchev–Trinajstić information content (AvgIpc) is 2.14. The molecule has 0 saturated heterocycles. The van der Waals surface area contributed by atoms with Crippen molar-refractivity contribution in [1.29, 1.82) is 0 Å². The third-order valence-corrected chi connectivity index (χ3v) is 1.66. The van der Waals surface area contributed by atoms with E-state index in [1.165, 1.54) is 0 Å². The molecular weight excluding hydrogens is 119 g/mol. The normalized spacial score (nSPS) is 9.62. The fraction of sp³-hybridized carbons (Fsp3) is 0.667. The first-order chi connectivity index (χ1) is 3.84. The quantitative estimate of drug-likeness (QED) is 0.423. The number of nitrogens with zero attached hydrogens (tertiary/aromatic N) is 4. The van der Waals surface area contributed by atoms with Crippen molar-refractivity contribution in [2.24, 2.45) is 7.05 Å². The first kappa shape index (κ1) is 5.73. The van der Waals surface area contributed by atoms with E-state index in [1.807, 2.05) is 7.05 Å². The van der Waals surface area contributed by atoms with Gasteiger partial charge in [0.15, 0.2) is 0 Å². The number of hydrogen-bond donors (Lipinski definition) is 0. The minimum absolute atomic E-state index is 0.983. The molecule has 0 saturated carbocycles. The monoisotopic (exact) mass is 126 g/mol. The van der Waals surface area contributed by atoms with Crippen LogP contribution in [0.3, 0.4) is 0 Å². The lowest BCUT2D eigenvalue weighted by Crippen LogP contribution is -1.98. The van der Waals surface area contributed by atoms with Crippen LogP contribution in [-0.2, 0) is 12.3 Å². The van der Waals surface area contributed by atoms with E-state index in [2.05, 4.69) is 15.5 Å². The van der Waals surface area contributed by atoms with Crippen LogP contribution in [0, 0.1) is 0 Å². The number of rotatable bonds is 1. The van der Waals surface area contributed by atoms with Gasteiger partial charge in [0.25, 0.3) is 0 Å². The van der Waals surface area contributed by atoms with Crippen molar-refractivity contribution >= 4 is 16.3 Å². The van der Waals surface area contributed by atoms with Crippen LogP contribution in [0.25, 0.3) is 0 Å². The van der Waals surface area contributed by atoms with Gasteiger partial charge in [-0.15, -0.1) is 5.10 Å². The molecule has 0 radical (unpaired) electrons. The van der Waals surface area contributed by atoms with Crippen molar-refractivity contribution in [2.75, 3.05) is 0 Å². The van der Waals surface area contributed by atoms with Gasteiger partial charge in [0, 0.05) is 7.05 Å². The topological polar surface area (TPSA) is 43.6 Å². The fourth-order valence-electron chi connectivity index (χ4n) is 0.548. The second-order valence-electron chi connectivity index (χ2n) is 1.57. The van der Waals surface area contributed by atoms with E-state index in [0.29, 0.717) is 0 Å². The number of tetrazole rings is 1. The predicted molar refractivity (Wildman–Crippen MR) is 31.0 cm³/mol. The molecule has 42 valence electrons. The average molecular weight is 126 g/mol. The predicted octanol–water partition coefficient (Wildman–Crippen LogP) is -1.66. The fourth-order valence-corrected chi connectivity index (χ4v) is 1.15. The standard InChI is InChI=1S/C3H5N4.Al.2H/c1-3-4-5-6-7(3)2;;;/h1H2,2H3;;;. The Morgan fingerprint density at radius 3 is 2.75 bits per heavy atom. The minimum atomic E-state index is 0.983. The maximum absolute atomic E-state index is 3.77. The van der Waals surface area contributed by atoms with Crippen LogP contribution >= 0.6 is 0 Å². The maximum Gasteiger partial charge on any atom is 0.223 e. The zero-order valence-electron chi connectivity index (χ0n) is 5.00. The van der Waals surface area contributed by atoms with Gasteiger partial charge in [-0.1, -0.05) is 0 Å². The van der Waals surface area contributed by atoms with Crippen LogP contribution in [0.5, 0.6) is 0 Å². The van der Waals surface area contributed by atoms with Crippen LogP contribution in [0.4, 0.5) is 0 Å². The lowest BCUT2D eigenvalue weighted by Gasteiger charge is -1.87. The molecule has 5 heteroatoms. The molecule has 0 atom stereocenters. The molecule has 0 spiro atoms. The molecule has 0 aromatic carbocycles. The second-order valence-corrected chi connectivity index (χ2v) is 2.28. The highest BCUT2D eigenvalue weighted by Gasteiger charge is 1.94. The molecule has 1 aromatic heterocycles. The van der Waals surface area contributed by atoms with E-state index in [1.54, 1.807) is 4.68 Å². The van der Waals surface area contributed by atoms with Gasteiger partial charge in [-0.05, 0) is 15.7 Å². The Bertz CT molecular complexity index is 172. The molecule has 0 N–H and O–H groups in total. The second kappa shape index (κ2) is 2.25. The van der Waals surface area contributed by atoms with Crippen molar-refractivity contribution in [3.05, 3.63) is 5.82 Å². The largest absolute Gasteiger partial charge is 0.234 e. The van der Waals surface area contributed by atoms with E-state index in [4.69, 9.17) is 0 Å². The van der Waals surface area contributed by atoms with Gasteiger partial charge in [0.1, 0.15) is 5.82 Å². The van der Waals surface area contributed by atoms with Gasteiger partial charge in [0.2, 0.25) is 16.3 Å². The Labute approximate surface area is 55.3 Å². The molecule has 0 aliphatic carbocycles. The molecule has 4 nitrogen and oxygen atoms in total. The van der Waals surface area contributed by atoms with E-state index in [-0.39, 0.29) is 0 Å². The molecule has 8 heavy (non-hydrogen) atoms. The summed E-state index contributed by atoms with van der Waals surface area (Å²) in [6, 6.07) is 0. The molecular formula is C3H7AlN4. The molecule has 1 rings (SSSR count). The summed E-state index contributed by atoms with van der Waals surface area (Å²) in [7, 11) is 1.85. The SMILES string of the molecule is Cn1nnnc1[CH2][AlH2]. The van der Waals surface area contributed by atoms with Gasteiger partial charge in [-0.25, -0.2) is 4.68 Å².